The number of rotatable bonds is 4. The van der Waals surface area contributed by atoms with Crippen LogP contribution in [0.15, 0.2) is 43.1 Å². The molecule has 3 aromatic heterocycles. The van der Waals surface area contributed by atoms with Gasteiger partial charge in [0.25, 0.3) is 5.82 Å². The number of aromatic nitrogens is 5. The van der Waals surface area contributed by atoms with E-state index < -0.39 is 0 Å². The van der Waals surface area contributed by atoms with E-state index in [-0.39, 0.29) is 16.2 Å². The second-order valence-corrected chi connectivity index (χ2v) is 10.6. The summed E-state index contributed by atoms with van der Waals surface area (Å²) in [5.41, 5.74) is 4.23. The first kappa shape index (κ1) is 21.2. The summed E-state index contributed by atoms with van der Waals surface area (Å²) in [6.07, 6.45) is 8.51. The molecule has 0 bridgehead atoms. The maximum absolute atomic E-state index is 4.93. The Bertz CT molecular complexity index is 987. The Morgan fingerprint density at radius 2 is 1.59 bits per heavy atom. The largest absolute Gasteiger partial charge is 0.285 e. The molecule has 0 atom stereocenters. The topological polar surface area (TPSA) is 58.3 Å². The highest BCUT2D eigenvalue weighted by atomic mass is 15.1. The van der Waals surface area contributed by atoms with Crippen LogP contribution in [-0.4, -0.2) is 19.9 Å². The zero-order valence-electron chi connectivity index (χ0n) is 19.0. The van der Waals surface area contributed by atoms with E-state index in [0.29, 0.717) is 0 Å². The molecule has 29 heavy (non-hydrogen) atoms. The predicted octanol–water partition coefficient (Wildman–Crippen LogP) is 4.59. The first-order chi connectivity index (χ1) is 13.4. The summed E-state index contributed by atoms with van der Waals surface area (Å²) >= 11 is 0. The summed E-state index contributed by atoms with van der Waals surface area (Å²) in [5.74, 6) is 0.818. The lowest BCUT2D eigenvalue weighted by atomic mass is 9.84. The quantitative estimate of drug-likeness (QED) is 0.661. The number of hydrogen-bond donors (Lipinski definition) is 1. The molecule has 0 spiro atoms. The Hall–Kier alpha value is -2.56. The van der Waals surface area contributed by atoms with Gasteiger partial charge in [0.1, 0.15) is 23.8 Å². The molecular weight excluding hydrogens is 358 g/mol. The number of nitrogens with one attached hydrogen (secondary N) is 1. The molecule has 0 aliphatic heterocycles. The molecule has 0 saturated heterocycles. The summed E-state index contributed by atoms with van der Waals surface area (Å²) in [4.78, 5) is 17.7. The average molecular weight is 393 g/mol. The molecule has 0 aromatic carbocycles. The van der Waals surface area contributed by atoms with Crippen molar-refractivity contribution in [3.05, 3.63) is 65.9 Å². The highest BCUT2D eigenvalue weighted by molar-refractivity contribution is 5.23. The third kappa shape index (κ3) is 4.89. The van der Waals surface area contributed by atoms with E-state index in [1.54, 1.807) is 6.20 Å². The van der Waals surface area contributed by atoms with Crippen LogP contribution in [0.4, 0.5) is 0 Å². The minimum absolute atomic E-state index is 0.0373. The first-order valence-electron chi connectivity index (χ1n) is 10.3. The van der Waals surface area contributed by atoms with E-state index in [1.807, 2.05) is 17.1 Å². The van der Waals surface area contributed by atoms with Crippen molar-refractivity contribution in [1.29, 1.82) is 0 Å². The first-order valence-corrected chi connectivity index (χ1v) is 10.3. The van der Waals surface area contributed by atoms with E-state index in [0.717, 1.165) is 35.0 Å². The summed E-state index contributed by atoms with van der Waals surface area (Å²) in [5, 5.41) is 0. The third-order valence-electron chi connectivity index (χ3n) is 5.21. The van der Waals surface area contributed by atoms with Crippen molar-refractivity contribution in [2.45, 2.75) is 78.1 Å². The molecule has 5 heteroatoms. The number of hydrogen-bond acceptors (Lipinski definition) is 3. The molecule has 0 radical (unpaired) electrons. The van der Waals surface area contributed by atoms with Crippen molar-refractivity contribution >= 4 is 0 Å². The second-order valence-electron chi connectivity index (χ2n) is 10.6. The zero-order valence-corrected chi connectivity index (χ0v) is 19.0. The predicted molar refractivity (Wildman–Crippen MR) is 116 cm³/mol. The van der Waals surface area contributed by atoms with E-state index in [9.17, 15) is 0 Å². The number of aromatic amines is 1. The summed E-state index contributed by atoms with van der Waals surface area (Å²) in [7, 11) is 0. The molecule has 3 heterocycles. The minimum Gasteiger partial charge on any atom is -0.280 e. The Labute approximate surface area is 174 Å². The molecule has 154 valence electrons. The van der Waals surface area contributed by atoms with Gasteiger partial charge in [-0.25, -0.2) is 4.57 Å². The molecule has 3 rings (SSSR count). The van der Waals surface area contributed by atoms with Gasteiger partial charge in [0.15, 0.2) is 6.33 Å². The highest BCUT2D eigenvalue weighted by Crippen LogP contribution is 2.27. The lowest BCUT2D eigenvalue weighted by Crippen LogP contribution is -2.32. The SMILES string of the molecule is CC(C)(C)c1cccc(CC(C)(C)c2cncc(-[n+]3c[nH]c(C(C)(C)C)c3)n2)n1. The summed E-state index contributed by atoms with van der Waals surface area (Å²) < 4.78 is 2.01. The molecule has 0 aliphatic carbocycles. The Morgan fingerprint density at radius 1 is 0.862 bits per heavy atom. The Kier molecular flexibility index (Phi) is 5.37. The van der Waals surface area contributed by atoms with E-state index >= 15 is 0 Å². The number of pyridine rings is 1. The standard InChI is InChI=1S/C24H33N5/c1-22(2,3)18-11-9-10-17(27-18)12-24(7,8)19-13-25-14-21(28-19)29-15-20(26-16-29)23(4,5)6/h9-11,13-16H,12H2,1-8H3/p+1. The highest BCUT2D eigenvalue weighted by Gasteiger charge is 2.29. The van der Waals surface area contributed by atoms with Crippen LogP contribution >= 0.6 is 0 Å². The van der Waals surface area contributed by atoms with E-state index in [1.165, 1.54) is 0 Å². The van der Waals surface area contributed by atoms with Crippen LogP contribution in [0.3, 0.4) is 0 Å². The van der Waals surface area contributed by atoms with Crippen molar-refractivity contribution in [2.24, 2.45) is 0 Å². The molecule has 0 unspecified atom stereocenters. The fourth-order valence-corrected chi connectivity index (χ4v) is 3.24. The van der Waals surface area contributed by atoms with Crippen LogP contribution in [0, 0.1) is 0 Å². The minimum atomic E-state index is -0.184. The molecule has 0 fully saturated rings. The van der Waals surface area contributed by atoms with Crippen LogP contribution in [-0.2, 0) is 22.7 Å². The summed E-state index contributed by atoms with van der Waals surface area (Å²) in [6, 6.07) is 6.31. The molecule has 3 aromatic rings. The zero-order chi connectivity index (χ0) is 21.4. The Balaban J connectivity index is 1.88. The van der Waals surface area contributed by atoms with Crippen LogP contribution in [0.1, 0.15) is 78.2 Å². The number of nitrogens with zero attached hydrogens (tertiary/aromatic N) is 4. The van der Waals surface area contributed by atoms with Gasteiger partial charge in [-0.1, -0.05) is 61.5 Å². The van der Waals surface area contributed by atoms with Crippen molar-refractivity contribution in [3.63, 3.8) is 0 Å². The van der Waals surface area contributed by atoms with Gasteiger partial charge < -0.3 is 0 Å². The molecule has 5 nitrogen and oxygen atoms in total. The average Bonchev–Trinajstić information content (AvgIpc) is 3.12. The van der Waals surface area contributed by atoms with Crippen molar-refractivity contribution in [1.82, 2.24) is 19.9 Å². The van der Waals surface area contributed by atoms with Gasteiger partial charge in [0.05, 0.1) is 6.20 Å². The number of H-pyrrole nitrogens is 1. The van der Waals surface area contributed by atoms with Crippen LogP contribution in [0.5, 0.6) is 0 Å². The van der Waals surface area contributed by atoms with E-state index in [4.69, 9.17) is 9.97 Å². The third-order valence-corrected chi connectivity index (χ3v) is 5.21. The van der Waals surface area contributed by atoms with Crippen LogP contribution < -0.4 is 4.57 Å². The van der Waals surface area contributed by atoms with Gasteiger partial charge in [-0.05, 0) is 12.1 Å². The van der Waals surface area contributed by atoms with Crippen molar-refractivity contribution in [2.75, 3.05) is 0 Å². The Morgan fingerprint density at radius 3 is 2.21 bits per heavy atom. The molecule has 0 amide bonds. The normalized spacial score (nSPS) is 13.0. The smallest absolute Gasteiger partial charge is 0.280 e. The molecule has 1 N–H and O–H groups in total. The van der Waals surface area contributed by atoms with Crippen LogP contribution in [0.25, 0.3) is 5.82 Å². The number of imidazole rings is 1. The lowest BCUT2D eigenvalue weighted by Gasteiger charge is -2.23. The lowest BCUT2D eigenvalue weighted by molar-refractivity contribution is -0.598. The fraction of sp³-hybridized carbons (Fsp3) is 0.500. The maximum atomic E-state index is 4.93. The second kappa shape index (κ2) is 7.36. The summed E-state index contributed by atoms with van der Waals surface area (Å²) in [6.45, 7) is 17.5. The fourth-order valence-electron chi connectivity index (χ4n) is 3.24. The maximum Gasteiger partial charge on any atom is 0.285 e. The molecular formula is C24H34N5+. The van der Waals surface area contributed by atoms with Gasteiger partial charge >= 0.3 is 0 Å². The van der Waals surface area contributed by atoms with Gasteiger partial charge in [0.2, 0.25) is 0 Å². The van der Waals surface area contributed by atoms with Crippen molar-refractivity contribution in [3.8, 4) is 5.82 Å². The van der Waals surface area contributed by atoms with Gasteiger partial charge in [-0.3, -0.25) is 15.0 Å². The van der Waals surface area contributed by atoms with Gasteiger partial charge in [-0.15, -0.1) is 4.98 Å². The van der Waals surface area contributed by atoms with Crippen molar-refractivity contribution < 1.29 is 4.57 Å². The van der Waals surface area contributed by atoms with Gasteiger partial charge in [-0.2, -0.15) is 0 Å². The molecule has 0 saturated carbocycles. The van der Waals surface area contributed by atoms with E-state index in [2.05, 4.69) is 89.8 Å². The molecule has 0 aliphatic rings. The van der Waals surface area contributed by atoms with Gasteiger partial charge in [0, 0.05) is 34.1 Å². The monoisotopic (exact) mass is 392 g/mol. The van der Waals surface area contributed by atoms with Crippen LogP contribution in [0.2, 0.25) is 0 Å².